The van der Waals surface area contributed by atoms with E-state index in [1.807, 2.05) is 6.92 Å². The van der Waals surface area contributed by atoms with Crippen LogP contribution >= 0.6 is 0 Å². The SMILES string of the molecule is CCNC(=O)NCC1CCCN(Cc2ccccc2)C1. The summed E-state index contributed by atoms with van der Waals surface area (Å²) in [6.45, 7) is 6.63. The molecule has 0 saturated carbocycles. The van der Waals surface area contributed by atoms with Gasteiger partial charge in [-0.25, -0.2) is 4.79 Å². The number of hydrogen-bond acceptors (Lipinski definition) is 2. The van der Waals surface area contributed by atoms with Gasteiger partial charge in [-0.05, 0) is 37.8 Å². The zero-order valence-corrected chi connectivity index (χ0v) is 12.3. The predicted molar refractivity (Wildman–Crippen MR) is 81.5 cm³/mol. The average Bonchev–Trinajstić information content (AvgIpc) is 2.47. The molecule has 110 valence electrons. The molecule has 4 nitrogen and oxygen atoms in total. The highest BCUT2D eigenvalue weighted by molar-refractivity contribution is 5.73. The van der Waals surface area contributed by atoms with Crippen LogP contribution in [-0.2, 0) is 6.54 Å². The van der Waals surface area contributed by atoms with Crippen molar-refractivity contribution in [3.63, 3.8) is 0 Å². The average molecular weight is 275 g/mol. The van der Waals surface area contributed by atoms with E-state index in [9.17, 15) is 4.79 Å². The van der Waals surface area contributed by atoms with Crippen molar-refractivity contribution in [2.24, 2.45) is 5.92 Å². The molecule has 20 heavy (non-hydrogen) atoms. The van der Waals surface area contributed by atoms with Crippen LogP contribution in [0.25, 0.3) is 0 Å². The molecule has 2 rings (SSSR count). The van der Waals surface area contributed by atoms with E-state index in [4.69, 9.17) is 0 Å². The van der Waals surface area contributed by atoms with Crippen LogP contribution in [0, 0.1) is 5.92 Å². The van der Waals surface area contributed by atoms with Gasteiger partial charge in [0.25, 0.3) is 0 Å². The van der Waals surface area contributed by atoms with Crippen molar-refractivity contribution in [3.05, 3.63) is 35.9 Å². The summed E-state index contributed by atoms with van der Waals surface area (Å²) in [5, 5.41) is 5.73. The summed E-state index contributed by atoms with van der Waals surface area (Å²) >= 11 is 0. The second kappa shape index (κ2) is 7.90. The number of carbonyl (C=O) groups is 1. The molecule has 0 bridgehead atoms. The summed E-state index contributed by atoms with van der Waals surface area (Å²) in [4.78, 5) is 13.9. The molecular formula is C16H25N3O. The van der Waals surface area contributed by atoms with Crippen molar-refractivity contribution in [2.45, 2.75) is 26.3 Å². The fraction of sp³-hybridized carbons (Fsp3) is 0.562. The Bertz CT molecular complexity index is 407. The highest BCUT2D eigenvalue weighted by Crippen LogP contribution is 2.17. The maximum absolute atomic E-state index is 11.4. The minimum atomic E-state index is -0.0484. The monoisotopic (exact) mass is 275 g/mol. The lowest BCUT2D eigenvalue weighted by molar-refractivity contribution is 0.165. The van der Waals surface area contributed by atoms with Crippen molar-refractivity contribution in [1.82, 2.24) is 15.5 Å². The second-order valence-corrected chi connectivity index (χ2v) is 5.47. The summed E-state index contributed by atoms with van der Waals surface area (Å²) < 4.78 is 0. The lowest BCUT2D eigenvalue weighted by Crippen LogP contribution is -2.43. The summed E-state index contributed by atoms with van der Waals surface area (Å²) in [5.41, 5.74) is 1.37. The van der Waals surface area contributed by atoms with E-state index < -0.39 is 0 Å². The Balaban J connectivity index is 1.75. The number of carbonyl (C=O) groups excluding carboxylic acids is 1. The molecule has 1 aromatic carbocycles. The predicted octanol–water partition coefficient (Wildman–Crippen LogP) is 2.22. The van der Waals surface area contributed by atoms with E-state index in [2.05, 4.69) is 45.9 Å². The quantitative estimate of drug-likeness (QED) is 0.865. The molecule has 0 aromatic heterocycles. The topological polar surface area (TPSA) is 44.4 Å². The maximum Gasteiger partial charge on any atom is 0.314 e. The van der Waals surface area contributed by atoms with Gasteiger partial charge >= 0.3 is 6.03 Å². The normalized spacial score (nSPS) is 19.6. The first kappa shape index (κ1) is 14.9. The number of rotatable bonds is 5. The van der Waals surface area contributed by atoms with E-state index >= 15 is 0 Å². The first-order chi connectivity index (χ1) is 9.78. The number of amides is 2. The summed E-state index contributed by atoms with van der Waals surface area (Å²) in [7, 11) is 0. The molecule has 1 aliphatic heterocycles. The third-order valence-corrected chi connectivity index (χ3v) is 3.74. The Labute approximate surface area is 121 Å². The van der Waals surface area contributed by atoms with Crippen LogP contribution in [-0.4, -0.2) is 37.1 Å². The Morgan fingerprint density at radius 1 is 1.30 bits per heavy atom. The molecule has 1 unspecified atom stereocenters. The number of benzene rings is 1. The van der Waals surface area contributed by atoms with Gasteiger partial charge in [-0.3, -0.25) is 4.90 Å². The van der Waals surface area contributed by atoms with Crippen molar-refractivity contribution >= 4 is 6.03 Å². The first-order valence-electron chi connectivity index (χ1n) is 7.56. The van der Waals surface area contributed by atoms with Gasteiger partial charge in [-0.15, -0.1) is 0 Å². The molecule has 1 heterocycles. The van der Waals surface area contributed by atoms with Crippen LogP contribution in [0.2, 0.25) is 0 Å². The summed E-state index contributed by atoms with van der Waals surface area (Å²) in [6.07, 6.45) is 2.42. The third kappa shape index (κ3) is 4.85. The standard InChI is InChI=1S/C16H25N3O/c1-2-17-16(20)18-11-15-9-6-10-19(13-15)12-14-7-4-3-5-8-14/h3-5,7-8,15H,2,6,9-13H2,1H3,(H2,17,18,20). The number of nitrogens with zero attached hydrogens (tertiary/aromatic N) is 1. The number of hydrogen-bond donors (Lipinski definition) is 2. The van der Waals surface area contributed by atoms with Crippen LogP contribution in [0.1, 0.15) is 25.3 Å². The highest BCUT2D eigenvalue weighted by atomic mass is 16.2. The van der Waals surface area contributed by atoms with Gasteiger partial charge in [0.15, 0.2) is 0 Å². The summed E-state index contributed by atoms with van der Waals surface area (Å²) in [6, 6.07) is 10.5. The van der Waals surface area contributed by atoms with Crippen LogP contribution in [0.3, 0.4) is 0 Å². The number of likely N-dealkylation sites (tertiary alicyclic amines) is 1. The lowest BCUT2D eigenvalue weighted by Gasteiger charge is -2.32. The molecule has 1 aromatic rings. The van der Waals surface area contributed by atoms with E-state index in [1.54, 1.807) is 0 Å². The van der Waals surface area contributed by atoms with Gasteiger partial charge in [0, 0.05) is 26.2 Å². The first-order valence-corrected chi connectivity index (χ1v) is 7.56. The van der Waals surface area contributed by atoms with Crippen molar-refractivity contribution in [1.29, 1.82) is 0 Å². The molecule has 0 aliphatic carbocycles. The van der Waals surface area contributed by atoms with Gasteiger partial charge in [-0.2, -0.15) is 0 Å². The third-order valence-electron chi connectivity index (χ3n) is 3.74. The van der Waals surface area contributed by atoms with Crippen LogP contribution < -0.4 is 10.6 Å². The molecule has 0 radical (unpaired) electrons. The molecule has 1 aliphatic rings. The molecule has 1 atom stereocenters. The lowest BCUT2D eigenvalue weighted by atomic mass is 9.97. The molecule has 1 saturated heterocycles. The smallest absolute Gasteiger partial charge is 0.314 e. The van der Waals surface area contributed by atoms with Crippen molar-refractivity contribution < 1.29 is 4.79 Å². The van der Waals surface area contributed by atoms with Gasteiger partial charge < -0.3 is 10.6 Å². The van der Waals surface area contributed by atoms with E-state index in [0.717, 1.165) is 26.2 Å². The minimum absolute atomic E-state index is 0.0484. The van der Waals surface area contributed by atoms with Crippen molar-refractivity contribution in [2.75, 3.05) is 26.2 Å². The maximum atomic E-state index is 11.4. The Hall–Kier alpha value is -1.55. The van der Waals surface area contributed by atoms with Crippen molar-refractivity contribution in [3.8, 4) is 0 Å². The zero-order valence-electron chi connectivity index (χ0n) is 12.3. The fourth-order valence-corrected chi connectivity index (χ4v) is 2.76. The number of piperidine rings is 1. The molecule has 2 amide bonds. The number of urea groups is 1. The molecule has 4 heteroatoms. The van der Waals surface area contributed by atoms with Gasteiger partial charge in [0.05, 0.1) is 0 Å². The number of nitrogens with one attached hydrogen (secondary N) is 2. The Morgan fingerprint density at radius 3 is 2.85 bits per heavy atom. The minimum Gasteiger partial charge on any atom is -0.338 e. The van der Waals surface area contributed by atoms with Gasteiger partial charge in [-0.1, -0.05) is 30.3 Å². The van der Waals surface area contributed by atoms with Gasteiger partial charge in [0.2, 0.25) is 0 Å². The second-order valence-electron chi connectivity index (χ2n) is 5.47. The van der Waals surface area contributed by atoms with E-state index in [0.29, 0.717) is 12.5 Å². The molecular weight excluding hydrogens is 250 g/mol. The fourth-order valence-electron chi connectivity index (χ4n) is 2.76. The Kier molecular flexibility index (Phi) is 5.87. The zero-order chi connectivity index (χ0) is 14.2. The van der Waals surface area contributed by atoms with Crippen LogP contribution in [0.4, 0.5) is 4.79 Å². The van der Waals surface area contributed by atoms with E-state index in [-0.39, 0.29) is 6.03 Å². The van der Waals surface area contributed by atoms with Crippen LogP contribution in [0.5, 0.6) is 0 Å². The Morgan fingerprint density at radius 2 is 2.10 bits per heavy atom. The van der Waals surface area contributed by atoms with Crippen LogP contribution in [0.15, 0.2) is 30.3 Å². The van der Waals surface area contributed by atoms with Gasteiger partial charge in [0.1, 0.15) is 0 Å². The van der Waals surface area contributed by atoms with E-state index in [1.165, 1.54) is 18.4 Å². The largest absolute Gasteiger partial charge is 0.338 e. The molecule has 1 fully saturated rings. The summed E-state index contributed by atoms with van der Waals surface area (Å²) in [5.74, 6) is 0.565. The highest BCUT2D eigenvalue weighted by Gasteiger charge is 2.20. The molecule has 2 N–H and O–H groups in total. The molecule has 0 spiro atoms.